The van der Waals surface area contributed by atoms with Crippen LogP contribution >= 0.6 is 0 Å². The highest BCUT2D eigenvalue weighted by atomic mass is 19.4. The Balaban J connectivity index is 2.07. The van der Waals surface area contributed by atoms with Gasteiger partial charge in [-0.1, -0.05) is 19.1 Å². The van der Waals surface area contributed by atoms with E-state index >= 15 is 0 Å². The van der Waals surface area contributed by atoms with Crippen molar-refractivity contribution in [2.75, 3.05) is 12.4 Å². The van der Waals surface area contributed by atoms with Crippen LogP contribution in [0.1, 0.15) is 35.8 Å². The second-order valence-corrected chi connectivity index (χ2v) is 7.70. The Bertz CT molecular complexity index is 1090. The summed E-state index contributed by atoms with van der Waals surface area (Å²) in [5.74, 6) is -8.17. The van der Waals surface area contributed by atoms with Crippen LogP contribution in [0.4, 0.5) is 27.8 Å². The summed E-state index contributed by atoms with van der Waals surface area (Å²) in [6.07, 6.45) is -6.68. The summed E-state index contributed by atoms with van der Waals surface area (Å²) in [4.78, 5) is 28.2. The molecule has 0 aliphatic carbocycles. The number of carbonyl (C=O) groups is 2. The van der Waals surface area contributed by atoms with Crippen molar-refractivity contribution >= 4 is 17.6 Å². The number of nitrogens with two attached hydrogens (primary N) is 1. The van der Waals surface area contributed by atoms with Crippen molar-refractivity contribution in [3.8, 4) is 5.75 Å². The lowest BCUT2D eigenvalue weighted by Gasteiger charge is -2.32. The fourth-order valence-electron chi connectivity index (χ4n) is 3.88. The minimum atomic E-state index is -4.89. The van der Waals surface area contributed by atoms with Gasteiger partial charge in [-0.2, -0.15) is 17.6 Å². The van der Waals surface area contributed by atoms with Gasteiger partial charge in [-0.3, -0.25) is 9.59 Å². The maximum atomic E-state index is 14.3. The summed E-state index contributed by atoms with van der Waals surface area (Å²) in [7, 11) is 1.03. The molecule has 2 aromatic rings. The summed E-state index contributed by atoms with van der Waals surface area (Å²) in [6, 6.07) is 5.71. The lowest BCUT2D eigenvalue weighted by molar-refractivity contribution is -0.272. The SMILES string of the molecule is COc1c([C@@H]2[C@@H](C(=O)Nc3cccc(C(N)=O)n3)O[C@](C)(C(F)(F)F)[C@@H]2C)ccc(F)c1F. The third-order valence-electron chi connectivity index (χ3n) is 5.82. The Kier molecular flexibility index (Phi) is 6.33. The molecule has 1 fully saturated rings. The minimum Gasteiger partial charge on any atom is -0.493 e. The Labute approximate surface area is 185 Å². The number of nitrogens with zero attached hydrogens (tertiary/aromatic N) is 1. The molecule has 1 aromatic heterocycles. The quantitative estimate of drug-likeness (QED) is 0.647. The number of amides is 2. The van der Waals surface area contributed by atoms with E-state index in [1.807, 2.05) is 0 Å². The number of hydrogen-bond acceptors (Lipinski definition) is 5. The van der Waals surface area contributed by atoms with Crippen LogP contribution in [0.2, 0.25) is 0 Å². The molecule has 7 nitrogen and oxygen atoms in total. The standard InChI is InChI=1S/C21H20F5N3O4/c1-9-14(10-7-8-11(22)15(23)16(10)32-3)17(33-20(9,2)21(24,25)26)19(31)29-13-6-4-5-12(28-13)18(27)30/h4-9,14,17H,1-3H3,(H2,27,30)(H,28,29,31)/t9-,14-,17+,20+/m1/s1. The molecular weight excluding hydrogens is 453 g/mol. The second-order valence-electron chi connectivity index (χ2n) is 7.70. The van der Waals surface area contributed by atoms with Crippen molar-refractivity contribution in [3.05, 3.63) is 53.2 Å². The van der Waals surface area contributed by atoms with Crippen LogP contribution in [0.3, 0.4) is 0 Å². The van der Waals surface area contributed by atoms with Crippen LogP contribution in [-0.2, 0) is 9.53 Å². The molecule has 0 spiro atoms. The van der Waals surface area contributed by atoms with E-state index in [0.717, 1.165) is 26.2 Å². The monoisotopic (exact) mass is 473 g/mol. The van der Waals surface area contributed by atoms with Crippen molar-refractivity contribution in [1.82, 2.24) is 4.98 Å². The lowest BCUT2D eigenvalue weighted by Crippen LogP contribution is -2.47. The van der Waals surface area contributed by atoms with Gasteiger partial charge in [0.25, 0.3) is 11.8 Å². The molecule has 2 amide bonds. The number of alkyl halides is 3. The van der Waals surface area contributed by atoms with E-state index in [1.54, 1.807) is 0 Å². The molecular formula is C21H20F5N3O4. The maximum Gasteiger partial charge on any atom is 0.417 e. The van der Waals surface area contributed by atoms with Gasteiger partial charge in [0.05, 0.1) is 7.11 Å². The molecule has 33 heavy (non-hydrogen) atoms. The number of nitrogens with one attached hydrogen (secondary N) is 1. The fraction of sp³-hybridized carbons (Fsp3) is 0.381. The molecule has 3 N–H and O–H groups in total. The first-order valence-corrected chi connectivity index (χ1v) is 9.66. The fourth-order valence-corrected chi connectivity index (χ4v) is 3.88. The molecule has 1 aliphatic rings. The summed E-state index contributed by atoms with van der Waals surface area (Å²) in [5.41, 5.74) is 2.00. The zero-order valence-electron chi connectivity index (χ0n) is 17.7. The molecule has 1 aromatic carbocycles. The number of halogens is 5. The summed E-state index contributed by atoms with van der Waals surface area (Å²) < 4.78 is 80.0. The number of carbonyl (C=O) groups excluding carboxylic acids is 2. The van der Waals surface area contributed by atoms with Gasteiger partial charge in [0.15, 0.2) is 17.2 Å². The highest BCUT2D eigenvalue weighted by Gasteiger charge is 2.65. The van der Waals surface area contributed by atoms with Crippen LogP contribution < -0.4 is 15.8 Å². The van der Waals surface area contributed by atoms with Gasteiger partial charge in [-0.25, -0.2) is 9.37 Å². The van der Waals surface area contributed by atoms with Crippen molar-refractivity contribution in [2.45, 2.75) is 37.6 Å². The van der Waals surface area contributed by atoms with Gasteiger partial charge in [0.1, 0.15) is 17.6 Å². The molecule has 0 unspecified atom stereocenters. The molecule has 0 saturated carbocycles. The van der Waals surface area contributed by atoms with Crippen molar-refractivity contribution in [3.63, 3.8) is 0 Å². The van der Waals surface area contributed by atoms with E-state index in [9.17, 15) is 31.5 Å². The van der Waals surface area contributed by atoms with Gasteiger partial charge in [0.2, 0.25) is 5.82 Å². The molecule has 1 saturated heterocycles. The van der Waals surface area contributed by atoms with Crippen LogP contribution in [-0.4, -0.2) is 41.8 Å². The predicted octanol–water partition coefficient (Wildman–Crippen LogP) is 3.55. The van der Waals surface area contributed by atoms with E-state index in [2.05, 4.69) is 10.3 Å². The Morgan fingerprint density at radius 1 is 1.21 bits per heavy atom. The van der Waals surface area contributed by atoms with Crippen LogP contribution in [0.15, 0.2) is 30.3 Å². The highest BCUT2D eigenvalue weighted by molar-refractivity contribution is 5.96. The van der Waals surface area contributed by atoms with Gasteiger partial charge in [0, 0.05) is 17.4 Å². The maximum absolute atomic E-state index is 14.3. The average Bonchev–Trinajstić information content (AvgIpc) is 3.02. The van der Waals surface area contributed by atoms with Crippen LogP contribution in [0.25, 0.3) is 0 Å². The average molecular weight is 473 g/mol. The van der Waals surface area contributed by atoms with Gasteiger partial charge in [-0.05, 0) is 25.1 Å². The molecule has 0 bridgehead atoms. The number of pyridine rings is 1. The van der Waals surface area contributed by atoms with E-state index in [4.69, 9.17) is 15.2 Å². The number of rotatable bonds is 5. The molecule has 178 valence electrons. The number of ether oxygens (including phenoxy) is 2. The number of primary amides is 1. The van der Waals surface area contributed by atoms with E-state index < -0.39 is 58.9 Å². The largest absolute Gasteiger partial charge is 0.493 e. The summed E-state index contributed by atoms with van der Waals surface area (Å²) in [6.45, 7) is 1.97. The first-order valence-electron chi connectivity index (χ1n) is 9.66. The highest BCUT2D eigenvalue weighted by Crippen LogP contribution is 2.54. The van der Waals surface area contributed by atoms with Crippen LogP contribution in [0, 0.1) is 17.6 Å². The molecule has 12 heteroatoms. The first kappa shape index (κ1) is 24.4. The zero-order chi connectivity index (χ0) is 24.7. The first-order chi connectivity index (χ1) is 15.3. The zero-order valence-corrected chi connectivity index (χ0v) is 17.7. The number of methoxy groups -OCH3 is 1. The van der Waals surface area contributed by atoms with Crippen molar-refractivity contribution in [1.29, 1.82) is 0 Å². The van der Waals surface area contributed by atoms with E-state index in [0.29, 0.717) is 0 Å². The van der Waals surface area contributed by atoms with Gasteiger partial charge >= 0.3 is 6.18 Å². The van der Waals surface area contributed by atoms with Gasteiger partial charge < -0.3 is 20.5 Å². The third kappa shape index (κ3) is 4.22. The number of aromatic nitrogens is 1. The molecule has 0 radical (unpaired) electrons. The summed E-state index contributed by atoms with van der Waals surface area (Å²) in [5, 5.41) is 2.29. The third-order valence-corrected chi connectivity index (χ3v) is 5.82. The smallest absolute Gasteiger partial charge is 0.417 e. The molecule has 1 aliphatic heterocycles. The number of hydrogen-bond donors (Lipinski definition) is 2. The number of anilines is 1. The topological polar surface area (TPSA) is 104 Å². The Morgan fingerprint density at radius 3 is 2.45 bits per heavy atom. The molecule has 2 heterocycles. The molecule has 3 rings (SSSR count). The van der Waals surface area contributed by atoms with Crippen molar-refractivity contribution in [2.24, 2.45) is 11.7 Å². The van der Waals surface area contributed by atoms with E-state index in [1.165, 1.54) is 25.1 Å². The number of benzene rings is 1. The second kappa shape index (κ2) is 8.58. The van der Waals surface area contributed by atoms with Crippen molar-refractivity contribution < 1.29 is 41.0 Å². The predicted molar refractivity (Wildman–Crippen MR) is 106 cm³/mol. The molecule has 4 atom stereocenters. The normalized spacial score (nSPS) is 25.0. The Morgan fingerprint density at radius 2 is 1.88 bits per heavy atom. The van der Waals surface area contributed by atoms with Crippen LogP contribution in [0.5, 0.6) is 5.75 Å². The van der Waals surface area contributed by atoms with Gasteiger partial charge in [-0.15, -0.1) is 0 Å². The minimum absolute atomic E-state index is 0.163. The lowest BCUT2D eigenvalue weighted by atomic mass is 9.77. The van der Waals surface area contributed by atoms with E-state index in [-0.39, 0.29) is 17.1 Å². The Hall–Kier alpha value is -3.28. The summed E-state index contributed by atoms with van der Waals surface area (Å²) >= 11 is 0.